The number of halogens is 1. The minimum Gasteiger partial charge on any atom is -0.469 e. The SMILES string of the molecule is COC(=O)CCN(CC(=O)OC)C(=O)c1cccc(Cl)c1. The van der Waals surface area contributed by atoms with Gasteiger partial charge in [-0.1, -0.05) is 17.7 Å². The van der Waals surface area contributed by atoms with Crippen LogP contribution >= 0.6 is 11.6 Å². The van der Waals surface area contributed by atoms with Crippen LogP contribution in [0.25, 0.3) is 0 Å². The van der Waals surface area contributed by atoms with Crippen LogP contribution in [-0.4, -0.2) is 50.1 Å². The summed E-state index contributed by atoms with van der Waals surface area (Å²) < 4.78 is 9.07. The average Bonchev–Trinajstić information content (AvgIpc) is 2.49. The molecule has 0 aliphatic heterocycles. The van der Waals surface area contributed by atoms with Crippen LogP contribution in [0, 0.1) is 0 Å². The molecule has 1 aromatic rings. The third-order valence-corrected chi connectivity index (χ3v) is 2.96. The van der Waals surface area contributed by atoms with Gasteiger partial charge in [0.25, 0.3) is 5.91 Å². The lowest BCUT2D eigenvalue weighted by Gasteiger charge is -2.21. The van der Waals surface area contributed by atoms with E-state index in [4.69, 9.17) is 11.6 Å². The molecule has 0 radical (unpaired) electrons. The number of ether oxygens (including phenoxy) is 2. The van der Waals surface area contributed by atoms with Crippen molar-refractivity contribution in [1.29, 1.82) is 0 Å². The highest BCUT2D eigenvalue weighted by Gasteiger charge is 2.20. The molecule has 1 amide bonds. The maximum absolute atomic E-state index is 12.4. The van der Waals surface area contributed by atoms with Crippen molar-refractivity contribution >= 4 is 29.4 Å². The molecule has 0 aliphatic rings. The zero-order valence-electron chi connectivity index (χ0n) is 11.8. The van der Waals surface area contributed by atoms with E-state index < -0.39 is 17.8 Å². The Morgan fingerprint density at radius 1 is 1.14 bits per heavy atom. The first-order valence-electron chi connectivity index (χ1n) is 6.16. The molecule has 0 unspecified atom stereocenters. The monoisotopic (exact) mass is 313 g/mol. The maximum Gasteiger partial charge on any atom is 0.325 e. The summed E-state index contributed by atoms with van der Waals surface area (Å²) in [6.07, 6.45) is -0.0141. The second-order valence-corrected chi connectivity index (χ2v) is 4.58. The van der Waals surface area contributed by atoms with Gasteiger partial charge in [-0.05, 0) is 18.2 Å². The zero-order chi connectivity index (χ0) is 15.8. The Morgan fingerprint density at radius 2 is 1.81 bits per heavy atom. The van der Waals surface area contributed by atoms with E-state index in [1.807, 2.05) is 0 Å². The molecule has 1 rings (SSSR count). The molecule has 0 bridgehead atoms. The average molecular weight is 314 g/mol. The number of hydrogen-bond donors (Lipinski definition) is 0. The van der Waals surface area contributed by atoms with E-state index in [9.17, 15) is 14.4 Å². The summed E-state index contributed by atoms with van der Waals surface area (Å²) >= 11 is 5.84. The first-order chi connectivity index (χ1) is 9.97. The number of methoxy groups -OCH3 is 2. The molecular formula is C14H16ClNO5. The quantitative estimate of drug-likeness (QED) is 0.744. The van der Waals surface area contributed by atoms with Gasteiger partial charge in [-0.2, -0.15) is 0 Å². The van der Waals surface area contributed by atoms with E-state index in [1.165, 1.54) is 25.2 Å². The highest BCUT2D eigenvalue weighted by atomic mass is 35.5. The molecule has 0 atom stereocenters. The van der Waals surface area contributed by atoms with Crippen molar-refractivity contribution < 1.29 is 23.9 Å². The van der Waals surface area contributed by atoms with Crippen LogP contribution in [0.1, 0.15) is 16.8 Å². The Morgan fingerprint density at radius 3 is 2.38 bits per heavy atom. The predicted octanol–water partition coefficient (Wildman–Crippen LogP) is 1.52. The molecule has 0 N–H and O–H groups in total. The van der Waals surface area contributed by atoms with Crippen LogP contribution in [0.5, 0.6) is 0 Å². The Hall–Kier alpha value is -2.08. The van der Waals surface area contributed by atoms with Crippen molar-refractivity contribution in [3.05, 3.63) is 34.9 Å². The van der Waals surface area contributed by atoms with Gasteiger partial charge in [-0.3, -0.25) is 14.4 Å². The van der Waals surface area contributed by atoms with Gasteiger partial charge in [-0.15, -0.1) is 0 Å². The number of hydrogen-bond acceptors (Lipinski definition) is 5. The molecule has 0 heterocycles. The first-order valence-corrected chi connectivity index (χ1v) is 6.54. The zero-order valence-corrected chi connectivity index (χ0v) is 12.6. The number of carbonyl (C=O) groups excluding carboxylic acids is 3. The Labute approximate surface area is 127 Å². The van der Waals surface area contributed by atoms with Gasteiger partial charge in [0.1, 0.15) is 6.54 Å². The molecule has 114 valence electrons. The minimum atomic E-state index is -0.574. The number of rotatable bonds is 6. The van der Waals surface area contributed by atoms with Crippen LogP contribution in [0.3, 0.4) is 0 Å². The lowest BCUT2D eigenvalue weighted by molar-refractivity contribution is -0.143. The fourth-order valence-corrected chi connectivity index (χ4v) is 1.80. The summed E-state index contributed by atoms with van der Waals surface area (Å²) in [7, 11) is 2.48. The topological polar surface area (TPSA) is 72.9 Å². The number of carbonyl (C=O) groups is 3. The fraction of sp³-hybridized carbons (Fsp3) is 0.357. The van der Waals surface area contributed by atoms with E-state index in [0.717, 1.165) is 0 Å². The lowest BCUT2D eigenvalue weighted by atomic mass is 10.2. The predicted molar refractivity (Wildman–Crippen MR) is 76.0 cm³/mol. The highest BCUT2D eigenvalue weighted by molar-refractivity contribution is 6.30. The summed E-state index contributed by atoms with van der Waals surface area (Å²) in [4.78, 5) is 36.1. The molecule has 0 fully saturated rings. The van der Waals surface area contributed by atoms with Crippen molar-refractivity contribution in [2.24, 2.45) is 0 Å². The standard InChI is InChI=1S/C14H16ClNO5/c1-20-12(17)6-7-16(9-13(18)21-2)14(19)10-4-3-5-11(15)8-10/h3-5,8H,6-7,9H2,1-2H3. The van der Waals surface area contributed by atoms with E-state index >= 15 is 0 Å². The maximum atomic E-state index is 12.4. The Bertz CT molecular complexity index is 532. The second kappa shape index (κ2) is 8.26. The highest BCUT2D eigenvalue weighted by Crippen LogP contribution is 2.13. The summed E-state index contributed by atoms with van der Waals surface area (Å²) in [5.41, 5.74) is 0.330. The second-order valence-electron chi connectivity index (χ2n) is 4.14. The van der Waals surface area contributed by atoms with Crippen LogP contribution in [0.4, 0.5) is 0 Å². The van der Waals surface area contributed by atoms with Gasteiger partial charge in [0.2, 0.25) is 0 Å². The van der Waals surface area contributed by atoms with Gasteiger partial charge in [0, 0.05) is 17.1 Å². The number of esters is 2. The number of benzene rings is 1. The van der Waals surface area contributed by atoms with Crippen molar-refractivity contribution in [3.63, 3.8) is 0 Å². The fourth-order valence-electron chi connectivity index (χ4n) is 1.61. The van der Waals surface area contributed by atoms with Gasteiger partial charge in [0.15, 0.2) is 0 Å². The normalized spacial score (nSPS) is 9.86. The summed E-state index contributed by atoms with van der Waals surface area (Å²) in [5, 5.41) is 0.409. The number of amides is 1. The third kappa shape index (κ3) is 5.43. The Kier molecular flexibility index (Phi) is 6.68. The largest absolute Gasteiger partial charge is 0.469 e. The van der Waals surface area contributed by atoms with Crippen molar-refractivity contribution in [2.45, 2.75) is 6.42 Å². The van der Waals surface area contributed by atoms with Gasteiger partial charge >= 0.3 is 11.9 Å². The minimum absolute atomic E-state index is 0.0141. The van der Waals surface area contributed by atoms with Crippen molar-refractivity contribution in [2.75, 3.05) is 27.3 Å². The van der Waals surface area contributed by atoms with E-state index in [2.05, 4.69) is 9.47 Å². The van der Waals surface area contributed by atoms with Crippen LogP contribution in [0.2, 0.25) is 5.02 Å². The summed E-state index contributed by atoms with van der Waals surface area (Å²) in [5.74, 6) is -1.45. The van der Waals surface area contributed by atoms with Gasteiger partial charge < -0.3 is 14.4 Å². The molecule has 0 aromatic heterocycles. The molecule has 21 heavy (non-hydrogen) atoms. The molecule has 0 aliphatic carbocycles. The van der Waals surface area contributed by atoms with Crippen LogP contribution in [-0.2, 0) is 19.1 Å². The third-order valence-electron chi connectivity index (χ3n) is 2.72. The lowest BCUT2D eigenvalue weighted by Crippen LogP contribution is -2.37. The summed E-state index contributed by atoms with van der Waals surface area (Å²) in [6.45, 7) is -0.202. The number of nitrogens with zero attached hydrogens (tertiary/aromatic N) is 1. The molecule has 0 spiro atoms. The van der Waals surface area contributed by atoms with E-state index in [0.29, 0.717) is 10.6 Å². The van der Waals surface area contributed by atoms with Gasteiger partial charge in [-0.25, -0.2) is 0 Å². The first kappa shape index (κ1) is 17.0. The van der Waals surface area contributed by atoms with Crippen molar-refractivity contribution in [3.8, 4) is 0 Å². The van der Waals surface area contributed by atoms with E-state index in [1.54, 1.807) is 18.2 Å². The Balaban J connectivity index is 2.85. The smallest absolute Gasteiger partial charge is 0.325 e. The van der Waals surface area contributed by atoms with Crippen LogP contribution in [0.15, 0.2) is 24.3 Å². The van der Waals surface area contributed by atoms with Crippen molar-refractivity contribution in [1.82, 2.24) is 4.90 Å². The molecule has 6 nitrogen and oxygen atoms in total. The van der Waals surface area contributed by atoms with E-state index in [-0.39, 0.29) is 19.5 Å². The molecule has 0 saturated heterocycles. The molecule has 7 heteroatoms. The molecular weight excluding hydrogens is 298 g/mol. The molecule has 1 aromatic carbocycles. The summed E-state index contributed by atoms with van der Waals surface area (Å²) in [6, 6.07) is 6.34. The molecule has 0 saturated carbocycles. The van der Waals surface area contributed by atoms with Gasteiger partial charge in [0.05, 0.1) is 20.6 Å². The van der Waals surface area contributed by atoms with Crippen LogP contribution < -0.4 is 0 Å².